The summed E-state index contributed by atoms with van der Waals surface area (Å²) in [6.45, 7) is 0. The number of esters is 1. The molecule has 0 atom stereocenters. The fourth-order valence-corrected chi connectivity index (χ4v) is 0.876. The zero-order chi connectivity index (χ0) is 9.84. The van der Waals surface area contributed by atoms with Gasteiger partial charge in [0.25, 0.3) is 0 Å². The van der Waals surface area contributed by atoms with Crippen molar-refractivity contribution in [2.24, 2.45) is 0 Å². The van der Waals surface area contributed by atoms with Gasteiger partial charge in [-0.1, -0.05) is 0 Å². The largest absolute Gasteiger partial charge is 0.465 e. The Balaban J connectivity index is 3.12. The first-order valence-corrected chi connectivity index (χ1v) is 3.43. The summed E-state index contributed by atoms with van der Waals surface area (Å²) in [4.78, 5) is 24.7. The molecule has 0 spiro atoms. The summed E-state index contributed by atoms with van der Waals surface area (Å²) in [5.41, 5.74) is 8.44. The minimum absolute atomic E-state index is 0.0199. The Morgan fingerprint density at radius 1 is 1.54 bits per heavy atom. The molecule has 1 aliphatic carbocycles. The van der Waals surface area contributed by atoms with Crippen LogP contribution in [-0.2, 0) is 14.3 Å². The molecule has 0 N–H and O–H groups in total. The molecular weight excluding hydrogens is 172 g/mol. The van der Waals surface area contributed by atoms with E-state index in [1.54, 1.807) is 0 Å². The smallest absolute Gasteiger partial charge is 0.346 e. The zero-order valence-electron chi connectivity index (χ0n) is 6.85. The van der Waals surface area contributed by atoms with Crippen LogP contribution in [0.25, 0.3) is 5.53 Å². The second-order valence-corrected chi connectivity index (χ2v) is 2.27. The highest BCUT2D eigenvalue weighted by molar-refractivity contribution is 6.29. The molecule has 0 aliphatic heterocycles. The number of hydrogen-bond donors (Lipinski definition) is 0. The number of hydrogen-bond acceptors (Lipinski definition) is 3. The molecule has 0 aromatic heterocycles. The van der Waals surface area contributed by atoms with Crippen LogP contribution < -0.4 is 0 Å². The Morgan fingerprint density at radius 2 is 2.23 bits per heavy atom. The van der Waals surface area contributed by atoms with Crippen molar-refractivity contribution in [3.63, 3.8) is 0 Å². The van der Waals surface area contributed by atoms with Crippen LogP contribution in [0, 0.1) is 0 Å². The van der Waals surface area contributed by atoms with E-state index in [2.05, 4.69) is 9.53 Å². The van der Waals surface area contributed by atoms with Gasteiger partial charge in [0.1, 0.15) is 0 Å². The van der Waals surface area contributed by atoms with E-state index in [1.165, 1.54) is 19.3 Å². The lowest BCUT2D eigenvalue weighted by atomic mass is 10.0. The van der Waals surface area contributed by atoms with Crippen molar-refractivity contribution in [1.29, 1.82) is 0 Å². The lowest BCUT2D eigenvalue weighted by Crippen LogP contribution is -2.18. The van der Waals surface area contributed by atoms with Gasteiger partial charge in [-0.3, -0.25) is 4.79 Å². The fraction of sp³-hybridized carbons (Fsp3) is 0.125. The van der Waals surface area contributed by atoms with Gasteiger partial charge in [0.15, 0.2) is 11.4 Å². The van der Waals surface area contributed by atoms with Crippen LogP contribution >= 0.6 is 0 Å². The molecule has 0 heterocycles. The van der Waals surface area contributed by atoms with Crippen LogP contribution in [0.5, 0.6) is 0 Å². The summed E-state index contributed by atoms with van der Waals surface area (Å²) in [7, 11) is 1.18. The van der Waals surface area contributed by atoms with Gasteiger partial charge >= 0.3 is 11.7 Å². The summed E-state index contributed by atoms with van der Waals surface area (Å²) in [5, 5.41) is 0. The highest BCUT2D eigenvalue weighted by atomic mass is 16.5. The molecule has 0 aromatic rings. The third-order valence-corrected chi connectivity index (χ3v) is 1.48. The van der Waals surface area contributed by atoms with Gasteiger partial charge in [-0.25, -0.2) is 4.79 Å². The predicted molar refractivity (Wildman–Crippen MR) is 42.9 cm³/mol. The number of nitrogens with zero attached hydrogens (tertiary/aromatic N) is 2. The van der Waals surface area contributed by atoms with Crippen LogP contribution in [0.15, 0.2) is 23.8 Å². The van der Waals surface area contributed by atoms with E-state index in [9.17, 15) is 9.59 Å². The van der Waals surface area contributed by atoms with Crippen molar-refractivity contribution in [3.05, 3.63) is 29.3 Å². The number of rotatable bonds is 1. The summed E-state index contributed by atoms with van der Waals surface area (Å²) < 4.78 is 4.38. The van der Waals surface area contributed by atoms with Crippen molar-refractivity contribution in [2.75, 3.05) is 7.11 Å². The fourth-order valence-electron chi connectivity index (χ4n) is 0.876. The van der Waals surface area contributed by atoms with E-state index in [1.807, 2.05) is 0 Å². The van der Waals surface area contributed by atoms with Gasteiger partial charge in [-0.2, -0.15) is 4.79 Å². The van der Waals surface area contributed by atoms with Crippen LogP contribution in [0.4, 0.5) is 0 Å². The molecular formula is C8H6N2O3. The molecule has 5 heteroatoms. The van der Waals surface area contributed by atoms with Crippen LogP contribution in [-0.4, -0.2) is 29.4 Å². The summed E-state index contributed by atoms with van der Waals surface area (Å²) in [6, 6.07) is 0. The molecule has 5 nitrogen and oxygen atoms in total. The molecule has 0 amide bonds. The number of allylic oxidation sites excluding steroid dienone is 3. The van der Waals surface area contributed by atoms with Crippen molar-refractivity contribution < 1.29 is 19.1 Å². The second-order valence-electron chi connectivity index (χ2n) is 2.27. The summed E-state index contributed by atoms with van der Waals surface area (Å²) >= 11 is 0. The molecule has 13 heavy (non-hydrogen) atoms. The molecule has 0 fully saturated rings. The lowest BCUT2D eigenvalue weighted by Gasteiger charge is -2.00. The summed E-state index contributed by atoms with van der Waals surface area (Å²) in [6.07, 6.45) is 3.50. The van der Waals surface area contributed by atoms with Gasteiger partial charge in [0, 0.05) is 12.2 Å². The highest BCUT2D eigenvalue weighted by Crippen LogP contribution is 2.06. The van der Waals surface area contributed by atoms with Crippen molar-refractivity contribution in [1.82, 2.24) is 0 Å². The third-order valence-electron chi connectivity index (χ3n) is 1.48. The topological polar surface area (TPSA) is 79.8 Å². The standard InChI is InChI=1S/C8H6N2O3/c1-13-8(12)6-4-5(11)2-3-7(6)10-9/h2-4H,1H3. The van der Waals surface area contributed by atoms with E-state index in [-0.39, 0.29) is 17.1 Å². The number of carbonyl (C=O) groups excluding carboxylic acids is 2. The van der Waals surface area contributed by atoms with E-state index >= 15 is 0 Å². The van der Waals surface area contributed by atoms with Crippen LogP contribution in [0.1, 0.15) is 0 Å². The molecule has 0 saturated carbocycles. The van der Waals surface area contributed by atoms with Crippen molar-refractivity contribution in [2.45, 2.75) is 0 Å². The maximum atomic E-state index is 11.0. The second kappa shape index (κ2) is 3.60. The number of ketones is 1. The monoisotopic (exact) mass is 178 g/mol. The number of methoxy groups -OCH3 is 1. The number of carbonyl (C=O) groups is 2. The van der Waals surface area contributed by atoms with Crippen molar-refractivity contribution >= 4 is 17.5 Å². The maximum Gasteiger partial charge on any atom is 0.346 e. The Morgan fingerprint density at radius 3 is 2.77 bits per heavy atom. The first-order valence-electron chi connectivity index (χ1n) is 3.43. The molecule has 66 valence electrons. The van der Waals surface area contributed by atoms with Crippen LogP contribution in [0.2, 0.25) is 0 Å². The van der Waals surface area contributed by atoms with Gasteiger partial charge < -0.3 is 10.3 Å². The van der Waals surface area contributed by atoms with Gasteiger partial charge in [0.2, 0.25) is 0 Å². The van der Waals surface area contributed by atoms with Gasteiger partial charge in [-0.15, -0.1) is 0 Å². The molecule has 0 saturated heterocycles. The van der Waals surface area contributed by atoms with Crippen molar-refractivity contribution in [3.8, 4) is 0 Å². The zero-order valence-corrected chi connectivity index (χ0v) is 6.85. The quantitative estimate of drug-likeness (QED) is 0.243. The first kappa shape index (κ1) is 9.09. The Hall–Kier alpha value is -2.00. The molecule has 0 bridgehead atoms. The maximum absolute atomic E-state index is 11.0. The van der Waals surface area contributed by atoms with Crippen LogP contribution in [0.3, 0.4) is 0 Å². The third kappa shape index (κ3) is 1.77. The highest BCUT2D eigenvalue weighted by Gasteiger charge is 2.25. The predicted octanol–water partition coefficient (Wildman–Crippen LogP) is -0.105. The average molecular weight is 178 g/mol. The Kier molecular flexibility index (Phi) is 2.52. The Bertz CT molecular complexity index is 373. The summed E-state index contributed by atoms with van der Waals surface area (Å²) in [5.74, 6) is -1.04. The number of ether oxygens (including phenoxy) is 1. The lowest BCUT2D eigenvalue weighted by molar-refractivity contribution is -0.136. The van der Waals surface area contributed by atoms with E-state index in [0.29, 0.717) is 0 Å². The molecule has 1 aliphatic rings. The van der Waals surface area contributed by atoms with E-state index < -0.39 is 5.97 Å². The molecule has 0 aromatic carbocycles. The van der Waals surface area contributed by atoms with E-state index in [4.69, 9.17) is 5.53 Å². The molecule has 0 radical (unpaired) electrons. The Labute approximate surface area is 73.9 Å². The van der Waals surface area contributed by atoms with E-state index in [0.717, 1.165) is 6.08 Å². The first-order chi connectivity index (χ1) is 6.19. The normalized spacial score (nSPS) is 15.0. The molecule has 1 rings (SSSR count). The SMILES string of the molecule is COC(=O)C1=CC(=O)C=CC1=[N+]=[N-]. The minimum Gasteiger partial charge on any atom is -0.465 e. The van der Waals surface area contributed by atoms with Gasteiger partial charge in [0.05, 0.1) is 7.11 Å². The minimum atomic E-state index is -0.703. The molecule has 0 unspecified atom stereocenters. The van der Waals surface area contributed by atoms with Gasteiger partial charge in [-0.05, 0) is 6.08 Å². The average Bonchev–Trinajstić information content (AvgIpc) is 2.16.